The molecule has 3 rings (SSSR count). The number of nitrogens with one attached hydrogen (secondary N) is 1. The van der Waals surface area contributed by atoms with Crippen LogP contribution in [0, 0.1) is 5.92 Å². The molecule has 118 valence electrons. The topological polar surface area (TPSA) is 58.0 Å². The summed E-state index contributed by atoms with van der Waals surface area (Å²) in [6.45, 7) is 0. The molecule has 0 radical (unpaired) electrons. The summed E-state index contributed by atoms with van der Waals surface area (Å²) in [6, 6.07) is 4.80. The largest absolute Gasteiger partial charge is 0.493 e. The maximum Gasteiger partial charge on any atom is 0.333 e. The summed E-state index contributed by atoms with van der Waals surface area (Å²) in [5.74, 6) is 0.475. The Balaban J connectivity index is 1.94. The van der Waals surface area contributed by atoms with Crippen molar-refractivity contribution in [2.24, 2.45) is 5.92 Å². The number of aromatic amines is 1. The lowest BCUT2D eigenvalue weighted by atomic mass is 9.86. The summed E-state index contributed by atoms with van der Waals surface area (Å²) in [4.78, 5) is 15.0. The van der Waals surface area contributed by atoms with Crippen LogP contribution < -0.4 is 5.69 Å². The standard InChI is InChI=1S/C16H18Cl2N2O2/c17-11-7-12(18)9-13(8-11)20-15(21)14(19-16(20)22)6-10-4-2-1-3-5-10/h7-10,21H,1-6H2,(H,19,22). The second-order valence-electron chi connectivity index (χ2n) is 5.90. The van der Waals surface area contributed by atoms with Crippen LogP contribution in [-0.2, 0) is 6.42 Å². The molecule has 0 saturated heterocycles. The Morgan fingerprint density at radius 3 is 2.41 bits per heavy atom. The summed E-state index contributed by atoms with van der Waals surface area (Å²) < 4.78 is 1.22. The van der Waals surface area contributed by atoms with Gasteiger partial charge in [0.1, 0.15) is 0 Å². The van der Waals surface area contributed by atoms with Gasteiger partial charge in [0.05, 0.1) is 11.4 Å². The molecule has 0 unspecified atom stereocenters. The van der Waals surface area contributed by atoms with E-state index in [0.717, 1.165) is 12.8 Å². The Labute approximate surface area is 138 Å². The van der Waals surface area contributed by atoms with Gasteiger partial charge in [-0.05, 0) is 30.5 Å². The van der Waals surface area contributed by atoms with Crippen LogP contribution in [0.1, 0.15) is 37.8 Å². The number of benzene rings is 1. The van der Waals surface area contributed by atoms with Crippen molar-refractivity contribution < 1.29 is 5.11 Å². The molecule has 22 heavy (non-hydrogen) atoms. The van der Waals surface area contributed by atoms with Gasteiger partial charge >= 0.3 is 5.69 Å². The third-order valence-corrected chi connectivity index (χ3v) is 4.70. The molecule has 0 aliphatic heterocycles. The van der Waals surface area contributed by atoms with Gasteiger partial charge in [-0.15, -0.1) is 0 Å². The number of aromatic nitrogens is 2. The molecular formula is C16H18Cl2N2O2. The normalized spacial score (nSPS) is 16.1. The Morgan fingerprint density at radius 2 is 1.77 bits per heavy atom. The zero-order valence-electron chi connectivity index (χ0n) is 12.1. The zero-order chi connectivity index (χ0) is 15.7. The maximum atomic E-state index is 12.2. The Morgan fingerprint density at radius 1 is 1.14 bits per heavy atom. The molecule has 1 aliphatic rings. The predicted octanol–water partition coefficient (Wildman–Crippen LogP) is 4.30. The van der Waals surface area contributed by atoms with E-state index in [-0.39, 0.29) is 11.6 Å². The van der Waals surface area contributed by atoms with E-state index in [0.29, 0.717) is 33.8 Å². The lowest BCUT2D eigenvalue weighted by Crippen LogP contribution is -2.14. The van der Waals surface area contributed by atoms with Gasteiger partial charge in [-0.3, -0.25) is 0 Å². The molecule has 4 nitrogen and oxygen atoms in total. The number of hydrogen-bond acceptors (Lipinski definition) is 2. The van der Waals surface area contributed by atoms with Gasteiger partial charge in [-0.25, -0.2) is 9.36 Å². The fourth-order valence-corrected chi connectivity index (χ4v) is 3.72. The van der Waals surface area contributed by atoms with Crippen molar-refractivity contribution in [2.45, 2.75) is 38.5 Å². The number of rotatable bonds is 3. The molecule has 2 aromatic rings. The molecule has 1 fully saturated rings. The molecule has 0 amide bonds. The number of halogens is 2. The molecule has 6 heteroatoms. The van der Waals surface area contributed by atoms with Crippen LogP contribution >= 0.6 is 23.2 Å². The van der Waals surface area contributed by atoms with Crippen molar-refractivity contribution in [3.63, 3.8) is 0 Å². The van der Waals surface area contributed by atoms with Crippen LogP contribution in [0.25, 0.3) is 5.69 Å². The first-order valence-corrected chi connectivity index (χ1v) is 8.29. The molecule has 0 bridgehead atoms. The number of imidazole rings is 1. The van der Waals surface area contributed by atoms with E-state index in [1.165, 1.54) is 23.8 Å². The zero-order valence-corrected chi connectivity index (χ0v) is 13.6. The van der Waals surface area contributed by atoms with E-state index >= 15 is 0 Å². The van der Waals surface area contributed by atoms with Gasteiger partial charge in [-0.1, -0.05) is 55.3 Å². The molecule has 1 heterocycles. The monoisotopic (exact) mass is 340 g/mol. The van der Waals surface area contributed by atoms with E-state index in [1.54, 1.807) is 18.2 Å². The van der Waals surface area contributed by atoms with Crippen molar-refractivity contribution in [1.29, 1.82) is 0 Å². The SMILES string of the molecule is O=c1[nH]c(CC2CCCCC2)c(O)n1-c1cc(Cl)cc(Cl)c1. The summed E-state index contributed by atoms with van der Waals surface area (Å²) in [7, 11) is 0. The van der Waals surface area contributed by atoms with Crippen molar-refractivity contribution in [2.75, 3.05) is 0 Å². The van der Waals surface area contributed by atoms with E-state index in [9.17, 15) is 9.90 Å². The highest BCUT2D eigenvalue weighted by Crippen LogP contribution is 2.30. The van der Waals surface area contributed by atoms with E-state index in [4.69, 9.17) is 23.2 Å². The predicted molar refractivity (Wildman–Crippen MR) is 88.4 cm³/mol. The molecule has 1 aromatic carbocycles. The van der Waals surface area contributed by atoms with Crippen LogP contribution in [-0.4, -0.2) is 14.7 Å². The first kappa shape index (κ1) is 15.5. The average Bonchev–Trinajstić information content (AvgIpc) is 2.73. The van der Waals surface area contributed by atoms with Crippen molar-refractivity contribution >= 4 is 23.2 Å². The van der Waals surface area contributed by atoms with Crippen LogP contribution in [0.2, 0.25) is 10.0 Å². The lowest BCUT2D eigenvalue weighted by Gasteiger charge is -2.20. The van der Waals surface area contributed by atoms with Crippen LogP contribution in [0.4, 0.5) is 0 Å². The van der Waals surface area contributed by atoms with E-state index < -0.39 is 0 Å². The number of H-pyrrole nitrogens is 1. The summed E-state index contributed by atoms with van der Waals surface area (Å²) in [6.07, 6.45) is 6.72. The third kappa shape index (κ3) is 3.18. The first-order valence-electron chi connectivity index (χ1n) is 7.54. The quantitative estimate of drug-likeness (QED) is 0.874. The van der Waals surface area contributed by atoms with Crippen molar-refractivity contribution in [3.8, 4) is 11.6 Å². The van der Waals surface area contributed by atoms with Gasteiger partial charge in [0.15, 0.2) is 0 Å². The summed E-state index contributed by atoms with van der Waals surface area (Å²) in [5.41, 5.74) is 0.681. The summed E-state index contributed by atoms with van der Waals surface area (Å²) >= 11 is 12.0. The summed E-state index contributed by atoms with van der Waals surface area (Å²) in [5, 5.41) is 11.3. The third-order valence-electron chi connectivity index (χ3n) is 4.27. The second kappa shape index (κ2) is 6.39. The first-order chi connectivity index (χ1) is 10.5. The lowest BCUT2D eigenvalue weighted by molar-refractivity contribution is 0.347. The van der Waals surface area contributed by atoms with Crippen molar-refractivity contribution in [3.05, 3.63) is 44.4 Å². The number of nitrogens with zero attached hydrogens (tertiary/aromatic N) is 1. The van der Waals surface area contributed by atoms with Gasteiger partial charge in [-0.2, -0.15) is 0 Å². The fourth-order valence-electron chi connectivity index (χ4n) is 3.20. The molecule has 0 atom stereocenters. The van der Waals surface area contributed by atoms with Gasteiger partial charge in [0.2, 0.25) is 5.88 Å². The van der Waals surface area contributed by atoms with Crippen molar-refractivity contribution in [1.82, 2.24) is 9.55 Å². The highest BCUT2D eigenvalue weighted by atomic mass is 35.5. The molecular weight excluding hydrogens is 323 g/mol. The highest BCUT2D eigenvalue weighted by molar-refractivity contribution is 6.34. The van der Waals surface area contributed by atoms with Gasteiger partial charge < -0.3 is 10.1 Å². The second-order valence-corrected chi connectivity index (χ2v) is 6.78. The maximum absolute atomic E-state index is 12.2. The van der Waals surface area contributed by atoms with Gasteiger partial charge in [0, 0.05) is 10.0 Å². The Bertz CT molecular complexity index is 710. The highest BCUT2D eigenvalue weighted by Gasteiger charge is 2.20. The molecule has 1 aromatic heterocycles. The Hall–Kier alpha value is -1.39. The van der Waals surface area contributed by atoms with Gasteiger partial charge in [0.25, 0.3) is 0 Å². The molecule has 1 aliphatic carbocycles. The van der Waals surface area contributed by atoms with E-state index in [1.807, 2.05) is 0 Å². The van der Waals surface area contributed by atoms with Crippen LogP contribution in [0.15, 0.2) is 23.0 Å². The molecule has 1 saturated carbocycles. The Kier molecular flexibility index (Phi) is 4.50. The molecule has 2 N–H and O–H groups in total. The minimum absolute atomic E-state index is 0.0473. The van der Waals surface area contributed by atoms with E-state index in [2.05, 4.69) is 4.98 Å². The van der Waals surface area contributed by atoms with Crippen LogP contribution in [0.3, 0.4) is 0 Å². The number of aromatic hydroxyl groups is 1. The minimum Gasteiger partial charge on any atom is -0.493 e. The smallest absolute Gasteiger partial charge is 0.333 e. The molecule has 0 spiro atoms. The number of hydrogen-bond donors (Lipinski definition) is 2. The fraction of sp³-hybridized carbons (Fsp3) is 0.438. The minimum atomic E-state index is -0.373. The van der Waals surface area contributed by atoms with Crippen LogP contribution in [0.5, 0.6) is 5.88 Å². The average molecular weight is 341 g/mol.